The van der Waals surface area contributed by atoms with Crippen molar-refractivity contribution < 1.29 is 9.59 Å². The van der Waals surface area contributed by atoms with Crippen LogP contribution in [0.1, 0.15) is 19.3 Å². The number of amides is 1. The third kappa shape index (κ3) is 3.55. The zero-order valence-electron chi connectivity index (χ0n) is 14.1. The molecule has 2 atom stereocenters. The van der Waals surface area contributed by atoms with Gasteiger partial charge in [-0.05, 0) is 19.3 Å². The van der Waals surface area contributed by atoms with E-state index in [0.717, 1.165) is 37.4 Å². The monoisotopic (exact) mass is 373 g/mol. The average molecular weight is 373 g/mol. The number of anilines is 1. The first-order valence-corrected chi connectivity index (χ1v) is 9.58. The van der Waals surface area contributed by atoms with Gasteiger partial charge < -0.3 is 10.2 Å². The molecule has 2 saturated heterocycles. The minimum absolute atomic E-state index is 0.0406. The van der Waals surface area contributed by atoms with E-state index in [1.807, 2.05) is 6.07 Å². The predicted octanol–water partition coefficient (Wildman–Crippen LogP) is 0.422. The fourth-order valence-electron chi connectivity index (χ4n) is 3.28. The maximum atomic E-state index is 12.6. The zero-order valence-corrected chi connectivity index (χ0v) is 14.9. The lowest BCUT2D eigenvalue weighted by atomic mass is 9.96. The summed E-state index contributed by atoms with van der Waals surface area (Å²) in [5.74, 6) is 1.99. The summed E-state index contributed by atoms with van der Waals surface area (Å²) in [6.45, 7) is 1.41. The van der Waals surface area contributed by atoms with E-state index in [2.05, 4.69) is 30.3 Å². The minimum Gasteiger partial charge on any atom is -0.356 e. The Kier molecular flexibility index (Phi) is 4.83. The molecule has 4 rings (SSSR count). The molecule has 0 unspecified atom stereocenters. The molecule has 2 aliphatic rings. The molecule has 0 saturated carbocycles. The maximum absolute atomic E-state index is 12.6. The summed E-state index contributed by atoms with van der Waals surface area (Å²) in [6.07, 6.45) is 6.95. The molecule has 1 N–H and O–H groups in total. The lowest BCUT2D eigenvalue weighted by Crippen LogP contribution is -2.47. The van der Waals surface area contributed by atoms with Gasteiger partial charge in [-0.2, -0.15) is 5.10 Å². The molecule has 0 spiro atoms. The quantitative estimate of drug-likeness (QED) is 0.822. The second-order valence-electron chi connectivity index (χ2n) is 6.38. The van der Waals surface area contributed by atoms with Gasteiger partial charge in [0.15, 0.2) is 5.82 Å². The van der Waals surface area contributed by atoms with E-state index in [9.17, 15) is 9.59 Å². The molecule has 2 aromatic heterocycles. The Bertz CT molecular complexity index is 798. The fourth-order valence-corrected chi connectivity index (χ4v) is 4.21. The van der Waals surface area contributed by atoms with Crippen LogP contribution in [0.4, 0.5) is 5.82 Å². The Morgan fingerprint density at radius 3 is 2.88 bits per heavy atom. The average Bonchev–Trinajstić information content (AvgIpc) is 3.35. The standard InChI is InChI=1S/C16H19N7O2S/c24-15(21-12-3-5-26-16(12)25)11-2-1-4-22(7-11)13-6-14(19-9-18-13)23-10-17-8-20-23/h6,8-12H,1-5,7H2,(H,21,24)/t11-,12+/m1/s1. The lowest BCUT2D eigenvalue weighted by molar-refractivity contribution is -0.128. The van der Waals surface area contributed by atoms with Gasteiger partial charge in [-0.25, -0.2) is 19.6 Å². The van der Waals surface area contributed by atoms with E-state index >= 15 is 0 Å². The van der Waals surface area contributed by atoms with E-state index in [1.54, 1.807) is 11.0 Å². The van der Waals surface area contributed by atoms with E-state index in [4.69, 9.17) is 0 Å². The molecule has 9 nitrogen and oxygen atoms in total. The Morgan fingerprint density at radius 2 is 2.12 bits per heavy atom. The molecule has 1 amide bonds. The summed E-state index contributed by atoms with van der Waals surface area (Å²) < 4.78 is 1.57. The van der Waals surface area contributed by atoms with Crippen LogP contribution in [0.3, 0.4) is 0 Å². The molecular weight excluding hydrogens is 354 g/mol. The van der Waals surface area contributed by atoms with Crippen molar-refractivity contribution in [3.05, 3.63) is 25.0 Å². The smallest absolute Gasteiger partial charge is 0.225 e. The Balaban J connectivity index is 1.44. The summed E-state index contributed by atoms with van der Waals surface area (Å²) in [6, 6.07) is 1.51. The van der Waals surface area contributed by atoms with Gasteiger partial charge in [0.1, 0.15) is 24.8 Å². The minimum atomic E-state index is -0.333. The third-order valence-electron chi connectivity index (χ3n) is 4.66. The number of piperidine rings is 1. The van der Waals surface area contributed by atoms with Crippen LogP contribution in [-0.2, 0) is 9.59 Å². The number of rotatable bonds is 4. The van der Waals surface area contributed by atoms with Crippen molar-refractivity contribution in [2.75, 3.05) is 23.7 Å². The first kappa shape index (κ1) is 17.0. The van der Waals surface area contributed by atoms with Gasteiger partial charge in [-0.1, -0.05) is 11.8 Å². The molecule has 2 fully saturated rings. The van der Waals surface area contributed by atoms with Crippen LogP contribution in [0.15, 0.2) is 25.0 Å². The van der Waals surface area contributed by atoms with Crippen LogP contribution in [0, 0.1) is 5.92 Å². The van der Waals surface area contributed by atoms with Crippen molar-refractivity contribution in [2.24, 2.45) is 5.92 Å². The summed E-state index contributed by atoms with van der Waals surface area (Å²) in [5.41, 5.74) is 0. The van der Waals surface area contributed by atoms with Crippen molar-refractivity contribution in [2.45, 2.75) is 25.3 Å². The van der Waals surface area contributed by atoms with Gasteiger partial charge in [-0.15, -0.1) is 0 Å². The highest BCUT2D eigenvalue weighted by atomic mass is 32.2. The van der Waals surface area contributed by atoms with Gasteiger partial charge in [0.2, 0.25) is 11.0 Å². The second-order valence-corrected chi connectivity index (χ2v) is 7.48. The fraction of sp³-hybridized carbons (Fsp3) is 0.500. The number of carbonyl (C=O) groups excluding carboxylic acids is 2. The molecule has 10 heteroatoms. The molecular formula is C16H19N7O2S. The van der Waals surface area contributed by atoms with Crippen molar-refractivity contribution in [1.29, 1.82) is 0 Å². The van der Waals surface area contributed by atoms with Crippen LogP contribution < -0.4 is 10.2 Å². The number of nitrogens with zero attached hydrogens (tertiary/aromatic N) is 6. The van der Waals surface area contributed by atoms with E-state index in [-0.39, 0.29) is 23.0 Å². The molecule has 2 aliphatic heterocycles. The van der Waals surface area contributed by atoms with Crippen LogP contribution >= 0.6 is 11.8 Å². The number of hydrogen-bond acceptors (Lipinski definition) is 8. The highest BCUT2D eigenvalue weighted by Gasteiger charge is 2.32. The maximum Gasteiger partial charge on any atom is 0.225 e. The van der Waals surface area contributed by atoms with E-state index in [0.29, 0.717) is 12.4 Å². The highest BCUT2D eigenvalue weighted by molar-refractivity contribution is 8.14. The molecule has 2 aromatic rings. The summed E-state index contributed by atoms with van der Waals surface area (Å²) in [5, 5.41) is 7.06. The number of nitrogens with one attached hydrogen (secondary N) is 1. The van der Waals surface area contributed by atoms with Crippen molar-refractivity contribution >= 4 is 28.6 Å². The molecule has 26 heavy (non-hydrogen) atoms. The topological polar surface area (TPSA) is 106 Å². The van der Waals surface area contributed by atoms with Gasteiger partial charge >= 0.3 is 0 Å². The van der Waals surface area contributed by atoms with Crippen molar-refractivity contribution in [1.82, 2.24) is 30.0 Å². The number of hydrogen-bond donors (Lipinski definition) is 1. The van der Waals surface area contributed by atoms with Crippen molar-refractivity contribution in [3.8, 4) is 5.82 Å². The summed E-state index contributed by atoms with van der Waals surface area (Å²) >= 11 is 1.30. The largest absolute Gasteiger partial charge is 0.356 e. The van der Waals surface area contributed by atoms with Gasteiger partial charge in [0.05, 0.1) is 12.0 Å². The second kappa shape index (κ2) is 7.40. The molecule has 136 valence electrons. The molecule has 0 aliphatic carbocycles. The SMILES string of the molecule is O=C(N[C@H]1CCSC1=O)[C@@H]1CCCN(c2cc(-n3cncn3)ncn2)C1. The Morgan fingerprint density at radius 1 is 1.23 bits per heavy atom. The van der Waals surface area contributed by atoms with Gasteiger partial charge in [0.25, 0.3) is 0 Å². The number of thioether (sulfide) groups is 1. The van der Waals surface area contributed by atoms with Gasteiger partial charge in [0, 0.05) is 24.9 Å². The van der Waals surface area contributed by atoms with Crippen LogP contribution in [0.5, 0.6) is 0 Å². The third-order valence-corrected chi connectivity index (χ3v) is 5.67. The van der Waals surface area contributed by atoms with E-state index in [1.165, 1.54) is 24.4 Å². The van der Waals surface area contributed by atoms with Crippen LogP contribution in [-0.4, -0.2) is 60.6 Å². The first-order valence-electron chi connectivity index (χ1n) is 8.60. The highest BCUT2D eigenvalue weighted by Crippen LogP contribution is 2.24. The summed E-state index contributed by atoms with van der Waals surface area (Å²) in [7, 11) is 0. The Hall–Kier alpha value is -2.49. The predicted molar refractivity (Wildman–Crippen MR) is 95.9 cm³/mol. The molecule has 0 bridgehead atoms. The number of carbonyl (C=O) groups is 2. The molecule has 4 heterocycles. The van der Waals surface area contributed by atoms with Crippen molar-refractivity contribution in [3.63, 3.8) is 0 Å². The zero-order chi connectivity index (χ0) is 17.9. The number of aromatic nitrogens is 5. The molecule has 0 radical (unpaired) electrons. The summed E-state index contributed by atoms with van der Waals surface area (Å²) in [4.78, 5) is 38.9. The van der Waals surface area contributed by atoms with Crippen LogP contribution in [0.25, 0.3) is 5.82 Å². The van der Waals surface area contributed by atoms with Crippen LogP contribution in [0.2, 0.25) is 0 Å². The normalized spacial score (nSPS) is 23.2. The molecule has 0 aromatic carbocycles. The first-order chi connectivity index (χ1) is 12.7. The Labute approximate surface area is 154 Å². The lowest BCUT2D eigenvalue weighted by Gasteiger charge is -2.33. The van der Waals surface area contributed by atoms with Gasteiger partial charge in [-0.3, -0.25) is 9.59 Å². The van der Waals surface area contributed by atoms with E-state index < -0.39 is 0 Å².